The maximum absolute atomic E-state index is 13.1. The van der Waals surface area contributed by atoms with Gasteiger partial charge in [-0.15, -0.1) is 0 Å². The average molecular weight is 596 g/mol. The van der Waals surface area contributed by atoms with E-state index in [1.165, 1.54) is 11.1 Å². The topological polar surface area (TPSA) is 71.3 Å². The molecule has 5 rings (SSSR count). The van der Waals surface area contributed by atoms with Crippen molar-refractivity contribution < 1.29 is 7.65 Å². The number of anilines is 1. The summed E-state index contributed by atoms with van der Waals surface area (Å²) in [6.07, 6.45) is 9.41. The summed E-state index contributed by atoms with van der Waals surface area (Å²) in [5.41, 5.74) is 5.58. The minimum Gasteiger partial charge on any atom is -0.322 e. The molecule has 44 heavy (non-hydrogen) atoms. The van der Waals surface area contributed by atoms with Crippen molar-refractivity contribution in [2.75, 3.05) is 5.32 Å². The number of nitrogens with one attached hydrogen (secondary N) is 2. The number of benzene rings is 3. The molecule has 6 nitrogen and oxygen atoms in total. The van der Waals surface area contributed by atoms with E-state index in [-0.39, 0.29) is 21.0 Å². The van der Waals surface area contributed by atoms with E-state index in [0.717, 1.165) is 41.8 Å². The summed E-state index contributed by atoms with van der Waals surface area (Å²) in [4.78, 5) is 23.0. The first-order valence-electron chi connectivity index (χ1n) is 16.3. The Morgan fingerprint density at radius 3 is 2.50 bits per heavy atom. The Kier molecular flexibility index (Phi) is 11.7. The summed E-state index contributed by atoms with van der Waals surface area (Å²) in [7, 11) is 0. The van der Waals surface area contributed by atoms with Crippen molar-refractivity contribution in [3.05, 3.63) is 108 Å². The van der Waals surface area contributed by atoms with Gasteiger partial charge in [-0.3, -0.25) is 14.7 Å². The monoisotopic (exact) mass is 595 g/mol. The third kappa shape index (κ3) is 8.11. The number of rotatable bonds is 8. The molecule has 1 amide bonds. The van der Waals surface area contributed by atoms with E-state index in [2.05, 4.69) is 87.7 Å². The third-order valence-corrected chi connectivity index (χ3v) is 8.34. The molecule has 0 fully saturated rings. The van der Waals surface area contributed by atoms with Gasteiger partial charge in [0, 0.05) is 20.1 Å². The molecule has 236 valence electrons. The molecule has 2 heterocycles. The van der Waals surface area contributed by atoms with Crippen LogP contribution in [0.25, 0.3) is 11.0 Å². The zero-order valence-corrected chi connectivity index (χ0v) is 27.4. The third-order valence-electron chi connectivity index (χ3n) is 8.34. The number of fused-ring (bicyclic) bond motifs is 1. The van der Waals surface area contributed by atoms with Gasteiger partial charge in [-0.05, 0) is 85.1 Å². The number of nitrogens with zero attached hydrogens (tertiary/aromatic N) is 3. The SMILES string of the molecule is CC.CCCC(C)c1cccc(C(=O)Nc2ccc3c(c2)ncn3C2=N/C(N[C@@H](C)c3ccccc3)C(C)CC(C)/C=C\2)c1.[HH].[HH]. The highest BCUT2D eigenvalue weighted by atomic mass is 16.1. The lowest BCUT2D eigenvalue weighted by Crippen LogP contribution is -2.38. The fourth-order valence-corrected chi connectivity index (χ4v) is 5.86. The maximum atomic E-state index is 13.1. The summed E-state index contributed by atoms with van der Waals surface area (Å²) in [5, 5.41) is 6.84. The lowest BCUT2D eigenvalue weighted by atomic mass is 9.93. The van der Waals surface area contributed by atoms with Crippen LogP contribution in [0.5, 0.6) is 0 Å². The first-order valence-corrected chi connectivity index (χ1v) is 16.3. The highest BCUT2D eigenvalue weighted by molar-refractivity contribution is 6.06. The molecular weight excluding hydrogens is 542 g/mol. The van der Waals surface area contributed by atoms with Gasteiger partial charge in [-0.1, -0.05) is 96.5 Å². The number of carbonyl (C=O) groups is 1. The second-order valence-corrected chi connectivity index (χ2v) is 11.9. The predicted molar refractivity (Wildman–Crippen MR) is 190 cm³/mol. The summed E-state index contributed by atoms with van der Waals surface area (Å²) < 4.78 is 2.04. The largest absolute Gasteiger partial charge is 0.322 e. The molecule has 2 N–H and O–H groups in total. The van der Waals surface area contributed by atoms with Crippen LogP contribution in [0, 0.1) is 11.8 Å². The standard InChI is InChI=1S/C36H43N5O.C2H6.2H2/c1-6-11-25(3)29-14-10-15-30(21-29)36(42)39-31-17-18-33-32(22-31)37-23-41(33)34-19-16-24(2)20-26(4)35(40-34)38-27(5)28-12-8-7-9-13-28;1-2;;/h7-10,12-19,21-27,35,38H,6,11,20H2,1-5H3,(H,39,42);1-2H3;2*1H/b19-16-,40-34+;;;/t24?,25?,26?,27-,35?;;;/m0.../s1. The molecule has 4 unspecified atom stereocenters. The fraction of sp³-hybridized carbons (Fsp3) is 0.395. The van der Waals surface area contributed by atoms with Gasteiger partial charge >= 0.3 is 0 Å². The minimum absolute atomic E-state index is 0. The summed E-state index contributed by atoms with van der Waals surface area (Å²) >= 11 is 0. The van der Waals surface area contributed by atoms with Crippen molar-refractivity contribution in [3.8, 4) is 0 Å². The molecule has 4 aromatic rings. The summed E-state index contributed by atoms with van der Waals surface area (Å²) in [5.74, 6) is 1.95. The second kappa shape index (κ2) is 15.6. The van der Waals surface area contributed by atoms with Crippen LogP contribution in [0.3, 0.4) is 0 Å². The number of imidazole rings is 1. The molecule has 5 atom stereocenters. The number of amides is 1. The molecule has 1 aliphatic heterocycles. The molecule has 3 aromatic carbocycles. The number of carbonyl (C=O) groups excluding carboxylic acids is 1. The smallest absolute Gasteiger partial charge is 0.255 e. The number of hydrogen-bond donors (Lipinski definition) is 2. The van der Waals surface area contributed by atoms with Crippen LogP contribution in [-0.4, -0.2) is 27.5 Å². The zero-order chi connectivity index (χ0) is 31.6. The summed E-state index contributed by atoms with van der Waals surface area (Å²) in [6.45, 7) is 15.1. The molecular formula is C38H53N5O. The Morgan fingerprint density at radius 2 is 1.75 bits per heavy atom. The zero-order valence-electron chi connectivity index (χ0n) is 27.4. The van der Waals surface area contributed by atoms with Crippen molar-refractivity contribution in [1.82, 2.24) is 14.9 Å². The molecule has 1 aliphatic rings. The van der Waals surface area contributed by atoms with Crippen molar-refractivity contribution in [1.29, 1.82) is 0 Å². The van der Waals surface area contributed by atoms with Gasteiger partial charge < -0.3 is 5.32 Å². The highest BCUT2D eigenvalue weighted by Crippen LogP contribution is 2.26. The first-order chi connectivity index (χ1) is 21.3. The molecule has 0 aliphatic carbocycles. The van der Waals surface area contributed by atoms with E-state index in [0.29, 0.717) is 23.3 Å². The van der Waals surface area contributed by atoms with E-state index < -0.39 is 0 Å². The molecule has 0 saturated carbocycles. The molecule has 0 spiro atoms. The lowest BCUT2D eigenvalue weighted by Gasteiger charge is -2.29. The van der Waals surface area contributed by atoms with Crippen LogP contribution >= 0.6 is 0 Å². The van der Waals surface area contributed by atoms with E-state index >= 15 is 0 Å². The van der Waals surface area contributed by atoms with Crippen molar-refractivity contribution >= 4 is 28.5 Å². The molecule has 0 radical (unpaired) electrons. The van der Waals surface area contributed by atoms with E-state index in [1.807, 2.05) is 67.2 Å². The van der Waals surface area contributed by atoms with Crippen molar-refractivity contribution in [2.45, 2.75) is 85.9 Å². The Morgan fingerprint density at radius 1 is 1.00 bits per heavy atom. The second-order valence-electron chi connectivity index (χ2n) is 11.9. The Balaban J connectivity index is 0.00000181. The molecule has 0 bridgehead atoms. The highest BCUT2D eigenvalue weighted by Gasteiger charge is 2.23. The quantitative estimate of drug-likeness (QED) is 0.213. The van der Waals surface area contributed by atoms with Crippen LogP contribution in [0.1, 0.15) is 104 Å². The number of aromatic nitrogens is 2. The van der Waals surface area contributed by atoms with Gasteiger partial charge in [0.1, 0.15) is 18.3 Å². The van der Waals surface area contributed by atoms with Crippen molar-refractivity contribution in [2.24, 2.45) is 16.8 Å². The van der Waals surface area contributed by atoms with Gasteiger partial charge in [-0.25, -0.2) is 9.98 Å². The van der Waals surface area contributed by atoms with Crippen molar-refractivity contribution in [3.63, 3.8) is 0 Å². The van der Waals surface area contributed by atoms with Gasteiger partial charge in [0.2, 0.25) is 0 Å². The number of hydrogen-bond acceptors (Lipinski definition) is 4. The minimum atomic E-state index is -0.115. The van der Waals surface area contributed by atoms with Gasteiger partial charge in [0.15, 0.2) is 0 Å². The Hall–Kier alpha value is -4.03. The van der Waals surface area contributed by atoms with Gasteiger partial charge in [0.05, 0.1) is 11.0 Å². The molecule has 0 saturated heterocycles. The van der Waals surface area contributed by atoms with Crippen LogP contribution in [0.2, 0.25) is 0 Å². The van der Waals surface area contributed by atoms with Gasteiger partial charge in [0.25, 0.3) is 5.91 Å². The van der Waals surface area contributed by atoms with Crippen LogP contribution in [-0.2, 0) is 0 Å². The van der Waals surface area contributed by atoms with E-state index in [1.54, 1.807) is 0 Å². The Labute approximate surface area is 266 Å². The predicted octanol–water partition coefficient (Wildman–Crippen LogP) is 9.87. The molecule has 6 heteroatoms. The lowest BCUT2D eigenvalue weighted by molar-refractivity contribution is 0.102. The van der Waals surface area contributed by atoms with Crippen LogP contribution in [0.15, 0.2) is 96.3 Å². The van der Waals surface area contributed by atoms with Gasteiger partial charge in [-0.2, -0.15) is 0 Å². The Bertz CT molecular complexity index is 1580. The summed E-state index contributed by atoms with van der Waals surface area (Å²) in [6, 6.07) is 24.5. The van der Waals surface area contributed by atoms with Crippen LogP contribution < -0.4 is 10.6 Å². The number of allylic oxidation sites excluding steroid dienone is 2. The van der Waals surface area contributed by atoms with E-state index in [9.17, 15) is 4.79 Å². The first kappa shape index (κ1) is 32.9. The fourth-order valence-electron chi connectivity index (χ4n) is 5.86. The number of aliphatic imine (C=N–C) groups is 1. The van der Waals surface area contributed by atoms with E-state index in [4.69, 9.17) is 9.98 Å². The average Bonchev–Trinajstić information content (AvgIpc) is 3.46. The maximum Gasteiger partial charge on any atom is 0.255 e. The molecule has 1 aromatic heterocycles. The normalized spacial score (nSPS) is 21.5. The van der Waals surface area contributed by atoms with Crippen LogP contribution in [0.4, 0.5) is 5.69 Å².